The molecule has 98 heavy (non-hydrogen) atoms. The van der Waals surface area contributed by atoms with Crippen molar-refractivity contribution in [1.82, 2.24) is 0 Å². The van der Waals surface area contributed by atoms with Crippen LogP contribution in [0.3, 0.4) is 0 Å². The Labute approximate surface area is 640 Å². The van der Waals surface area contributed by atoms with Crippen LogP contribution in [-0.4, -0.2) is 46.9 Å². The predicted octanol–water partition coefficient (Wildman–Crippen LogP) is 25.8. The molecule has 0 aromatic heterocycles. The van der Waals surface area contributed by atoms with Gasteiger partial charge in [0.05, 0.1) is 0 Å². The van der Waals surface area contributed by atoms with E-state index in [0.717, 1.165) is 51.4 Å². The molecule has 0 radical (unpaired) electrons. The third kappa shape index (κ3) is 122. The minimum atomic E-state index is -0.901. The molecule has 0 spiro atoms. The zero-order valence-corrected chi connectivity index (χ0v) is 69.4. The van der Waals surface area contributed by atoms with Crippen molar-refractivity contribution in [1.29, 1.82) is 0 Å². The molecule has 0 unspecified atom stereocenters. The topological polar surface area (TPSA) is 161 Å². The van der Waals surface area contributed by atoms with Crippen LogP contribution in [0.2, 0.25) is 0 Å². The summed E-state index contributed by atoms with van der Waals surface area (Å²) in [6.07, 6.45) is 103. The Morgan fingerprint density at radius 1 is 0.143 bits per heavy atom. The van der Waals surface area contributed by atoms with Crippen molar-refractivity contribution >= 4 is 46.9 Å². The third-order valence-electron chi connectivity index (χ3n) is 19.9. The average molecular weight is 1440 g/mol. The molecule has 582 valence electrons. The molecule has 0 aromatic rings. The standard InChI is InChI=1S/4C22H44O2.Fe.Mg/c4*1-2-3-4-5-6-7-8-9-10-11-12-13-14-15-16-17-18-19-20-21-22(23)24;;/h4*2-21H2,1H3,(H,23,24);;/q;;;;2*+2/p-4. The minimum Gasteiger partial charge on any atom is -0.550 e. The Hall–Kier alpha value is -0.834. The van der Waals surface area contributed by atoms with Crippen molar-refractivity contribution in [3.63, 3.8) is 0 Å². The Kier molecular flexibility index (Phi) is 116. The van der Waals surface area contributed by atoms with Crippen LogP contribution in [0, 0.1) is 0 Å². The fraction of sp³-hybridized carbons (Fsp3) is 0.955. The molecule has 0 aliphatic rings. The molecule has 0 saturated carbocycles. The quantitative estimate of drug-likeness (QED) is 0.0430. The maximum absolute atomic E-state index is 10.3. The number of carboxylic acids is 4. The van der Waals surface area contributed by atoms with Gasteiger partial charge in [0.15, 0.2) is 0 Å². The summed E-state index contributed by atoms with van der Waals surface area (Å²) >= 11 is 0. The second kappa shape index (κ2) is 105. The Morgan fingerprint density at radius 3 is 0.265 bits per heavy atom. The predicted molar refractivity (Wildman–Crippen MR) is 418 cm³/mol. The summed E-state index contributed by atoms with van der Waals surface area (Å²) in [6, 6.07) is 0. The van der Waals surface area contributed by atoms with Crippen molar-refractivity contribution in [2.75, 3.05) is 0 Å². The molecular formula is C88H172FeMgO8. The summed E-state index contributed by atoms with van der Waals surface area (Å²) in [7, 11) is 0. The van der Waals surface area contributed by atoms with E-state index in [4.69, 9.17) is 0 Å². The van der Waals surface area contributed by atoms with Crippen molar-refractivity contribution < 1.29 is 56.7 Å². The molecule has 0 rings (SSSR count). The van der Waals surface area contributed by atoms with Crippen LogP contribution in [0.1, 0.15) is 541 Å². The second-order valence-corrected chi connectivity index (χ2v) is 29.9. The molecule has 0 atom stereocenters. The first-order chi connectivity index (χ1) is 47.1. The Bertz CT molecular complexity index is 1230. The summed E-state index contributed by atoms with van der Waals surface area (Å²) < 4.78 is 0. The second-order valence-electron chi connectivity index (χ2n) is 29.9. The van der Waals surface area contributed by atoms with Gasteiger partial charge in [-0.05, 0) is 51.4 Å². The van der Waals surface area contributed by atoms with Crippen LogP contribution in [0.4, 0.5) is 0 Å². The maximum Gasteiger partial charge on any atom is 2.00 e. The number of aliphatic carboxylic acids is 4. The van der Waals surface area contributed by atoms with Gasteiger partial charge in [-0.2, -0.15) is 0 Å². The van der Waals surface area contributed by atoms with E-state index in [1.165, 1.54) is 437 Å². The van der Waals surface area contributed by atoms with Gasteiger partial charge in [-0.15, -0.1) is 0 Å². The molecule has 0 aliphatic carbocycles. The van der Waals surface area contributed by atoms with E-state index in [1.54, 1.807) is 0 Å². The molecule has 0 heterocycles. The van der Waals surface area contributed by atoms with Crippen molar-refractivity contribution in [2.24, 2.45) is 0 Å². The number of rotatable bonds is 80. The van der Waals surface area contributed by atoms with E-state index in [-0.39, 0.29) is 65.8 Å². The van der Waals surface area contributed by atoms with Gasteiger partial charge in [0, 0.05) is 23.9 Å². The van der Waals surface area contributed by atoms with Crippen molar-refractivity contribution in [3.05, 3.63) is 0 Å². The van der Waals surface area contributed by atoms with Crippen LogP contribution in [0.15, 0.2) is 0 Å². The molecule has 10 heteroatoms. The van der Waals surface area contributed by atoms with Crippen LogP contribution in [-0.2, 0) is 36.2 Å². The molecule has 0 aliphatic heterocycles. The van der Waals surface area contributed by atoms with Crippen LogP contribution >= 0.6 is 0 Å². The van der Waals surface area contributed by atoms with Gasteiger partial charge >= 0.3 is 40.1 Å². The van der Waals surface area contributed by atoms with Gasteiger partial charge in [-0.1, -0.05) is 490 Å². The third-order valence-corrected chi connectivity index (χ3v) is 19.9. The van der Waals surface area contributed by atoms with Crippen LogP contribution in [0.5, 0.6) is 0 Å². The van der Waals surface area contributed by atoms with Gasteiger partial charge < -0.3 is 39.6 Å². The van der Waals surface area contributed by atoms with Gasteiger partial charge in [-0.25, -0.2) is 0 Å². The number of hydrogen-bond acceptors (Lipinski definition) is 8. The first-order valence-corrected chi connectivity index (χ1v) is 43.9. The van der Waals surface area contributed by atoms with E-state index >= 15 is 0 Å². The largest absolute Gasteiger partial charge is 2.00 e. The molecule has 8 nitrogen and oxygen atoms in total. The van der Waals surface area contributed by atoms with Crippen molar-refractivity contribution in [2.45, 2.75) is 541 Å². The van der Waals surface area contributed by atoms with Crippen molar-refractivity contribution in [3.8, 4) is 0 Å². The smallest absolute Gasteiger partial charge is 0.550 e. The maximum atomic E-state index is 10.3. The SMILES string of the molecule is CCCCCCCCCCCCCCCCCCCCCC(=O)[O-].CCCCCCCCCCCCCCCCCCCCCC(=O)[O-].CCCCCCCCCCCCCCCCCCCCCC(=O)[O-].CCCCCCCCCCCCCCCCCCCCCC(=O)[O-].[Fe+2].[Mg+2]. The number of carbonyl (C=O) groups excluding carboxylic acids is 4. The fourth-order valence-electron chi connectivity index (χ4n) is 13.4. The zero-order valence-electron chi connectivity index (χ0n) is 66.9. The molecule has 0 bridgehead atoms. The fourth-order valence-corrected chi connectivity index (χ4v) is 13.4. The number of carbonyl (C=O) groups is 4. The molecule has 0 fully saturated rings. The molecule has 0 amide bonds. The van der Waals surface area contributed by atoms with E-state index in [0.29, 0.717) is 0 Å². The van der Waals surface area contributed by atoms with Gasteiger partial charge in [0.2, 0.25) is 0 Å². The summed E-state index contributed by atoms with van der Waals surface area (Å²) in [6.45, 7) is 9.12. The van der Waals surface area contributed by atoms with E-state index in [1.807, 2.05) is 0 Å². The Balaban J connectivity index is -0.000000286. The van der Waals surface area contributed by atoms with E-state index in [2.05, 4.69) is 27.7 Å². The Morgan fingerprint density at radius 2 is 0.204 bits per heavy atom. The molecule has 0 aromatic carbocycles. The molecular weight excluding hydrogens is 1270 g/mol. The van der Waals surface area contributed by atoms with Crippen LogP contribution < -0.4 is 20.4 Å². The number of carboxylic acid groups (broad SMARTS) is 4. The summed E-state index contributed by atoms with van der Waals surface area (Å²) in [4.78, 5) is 41.1. The van der Waals surface area contributed by atoms with E-state index in [9.17, 15) is 39.6 Å². The first kappa shape index (κ1) is 108. The van der Waals surface area contributed by atoms with Gasteiger partial charge in [-0.3, -0.25) is 0 Å². The van der Waals surface area contributed by atoms with Gasteiger partial charge in [0.25, 0.3) is 0 Å². The number of unbranched alkanes of at least 4 members (excludes halogenated alkanes) is 72. The minimum absolute atomic E-state index is 0. The summed E-state index contributed by atoms with van der Waals surface area (Å²) in [5.41, 5.74) is 0. The first-order valence-electron chi connectivity index (χ1n) is 43.9. The average Bonchev–Trinajstić information content (AvgIpc) is 3.58. The molecule has 0 saturated heterocycles. The number of hydrogen-bond donors (Lipinski definition) is 0. The normalized spacial score (nSPS) is 10.8. The van der Waals surface area contributed by atoms with Crippen LogP contribution in [0.25, 0.3) is 0 Å². The summed E-state index contributed by atoms with van der Waals surface area (Å²) in [5.74, 6) is -3.60. The molecule has 0 N–H and O–H groups in total. The zero-order chi connectivity index (χ0) is 70.9. The summed E-state index contributed by atoms with van der Waals surface area (Å²) in [5, 5.41) is 41.1. The van der Waals surface area contributed by atoms with Gasteiger partial charge in [0.1, 0.15) is 0 Å². The van der Waals surface area contributed by atoms with E-state index < -0.39 is 23.9 Å². The monoisotopic (exact) mass is 1440 g/mol.